The Balaban J connectivity index is 1.93. The zero-order chi connectivity index (χ0) is 13.3. The molecule has 1 aliphatic rings. The molecule has 98 valence electrons. The molecule has 19 heavy (non-hydrogen) atoms. The molecule has 1 aromatic heterocycles. The van der Waals surface area contributed by atoms with Crippen molar-refractivity contribution in [3.63, 3.8) is 0 Å². The van der Waals surface area contributed by atoms with Crippen molar-refractivity contribution in [2.24, 2.45) is 5.41 Å². The molecule has 0 saturated carbocycles. The Hall–Kier alpha value is -1.68. The summed E-state index contributed by atoms with van der Waals surface area (Å²) in [5, 5.41) is 11.6. The predicted molar refractivity (Wildman–Crippen MR) is 74.4 cm³/mol. The van der Waals surface area contributed by atoms with E-state index in [9.17, 15) is 9.90 Å². The molecular formula is C15H15NO2S. The quantitative estimate of drug-likeness (QED) is 0.935. The molecule has 1 atom stereocenters. The van der Waals surface area contributed by atoms with Crippen LogP contribution in [0.1, 0.15) is 23.2 Å². The van der Waals surface area contributed by atoms with Crippen molar-refractivity contribution < 1.29 is 9.90 Å². The molecule has 0 bridgehead atoms. The van der Waals surface area contributed by atoms with Crippen LogP contribution in [0.15, 0.2) is 35.2 Å². The Morgan fingerprint density at radius 1 is 1.37 bits per heavy atom. The van der Waals surface area contributed by atoms with Crippen LogP contribution < -0.4 is 0 Å². The van der Waals surface area contributed by atoms with Gasteiger partial charge in [0.05, 0.1) is 16.6 Å². The van der Waals surface area contributed by atoms with Crippen molar-refractivity contribution >= 4 is 17.3 Å². The number of carboxylic acids is 1. The minimum Gasteiger partial charge on any atom is -0.481 e. The summed E-state index contributed by atoms with van der Waals surface area (Å²) < 4.78 is 0. The first-order valence-electron chi connectivity index (χ1n) is 6.37. The van der Waals surface area contributed by atoms with Gasteiger partial charge in [-0.3, -0.25) is 4.79 Å². The molecule has 0 radical (unpaired) electrons. The van der Waals surface area contributed by atoms with Gasteiger partial charge >= 0.3 is 5.97 Å². The molecule has 0 saturated heterocycles. The molecule has 2 aromatic rings. The Morgan fingerprint density at radius 2 is 2.16 bits per heavy atom. The number of fused-ring (bicyclic) bond motifs is 1. The van der Waals surface area contributed by atoms with Crippen molar-refractivity contribution in [2.75, 3.05) is 0 Å². The predicted octanol–water partition coefficient (Wildman–Crippen LogP) is 2.95. The topological polar surface area (TPSA) is 50.2 Å². The van der Waals surface area contributed by atoms with Gasteiger partial charge in [-0.05, 0) is 30.4 Å². The van der Waals surface area contributed by atoms with Crippen LogP contribution in [0.5, 0.6) is 0 Å². The van der Waals surface area contributed by atoms with Crippen LogP contribution in [-0.4, -0.2) is 16.1 Å². The van der Waals surface area contributed by atoms with Crippen LogP contribution in [0.4, 0.5) is 0 Å². The van der Waals surface area contributed by atoms with E-state index in [1.807, 2.05) is 23.6 Å². The average molecular weight is 273 g/mol. The summed E-state index contributed by atoms with van der Waals surface area (Å²) in [6.45, 7) is 0. The van der Waals surface area contributed by atoms with Crippen LogP contribution in [0, 0.1) is 5.41 Å². The fraction of sp³-hybridized carbons (Fsp3) is 0.333. The standard InChI is InChI=1S/C15H15NO2S/c17-14(18)15(8-13-9-19-10-16-13)6-5-11-3-1-2-4-12(11)7-15/h1-4,9-10H,5-8H2,(H,17,18). The van der Waals surface area contributed by atoms with Crippen molar-refractivity contribution in [1.29, 1.82) is 0 Å². The van der Waals surface area contributed by atoms with E-state index in [-0.39, 0.29) is 0 Å². The van der Waals surface area contributed by atoms with E-state index in [0.717, 1.165) is 12.1 Å². The molecule has 4 heteroatoms. The minimum atomic E-state index is -0.699. The number of benzene rings is 1. The number of aryl methyl sites for hydroxylation is 1. The fourth-order valence-electron chi connectivity index (χ4n) is 2.88. The number of thiazole rings is 1. The molecule has 1 aromatic carbocycles. The van der Waals surface area contributed by atoms with Gasteiger partial charge in [0, 0.05) is 11.8 Å². The first-order chi connectivity index (χ1) is 9.20. The molecule has 0 amide bonds. The first-order valence-corrected chi connectivity index (χ1v) is 7.31. The number of nitrogens with zero attached hydrogens (tertiary/aromatic N) is 1. The monoisotopic (exact) mass is 273 g/mol. The molecule has 0 fully saturated rings. The third-order valence-electron chi connectivity index (χ3n) is 3.98. The second-order valence-electron chi connectivity index (χ2n) is 5.19. The zero-order valence-electron chi connectivity index (χ0n) is 10.5. The summed E-state index contributed by atoms with van der Waals surface area (Å²) in [4.78, 5) is 16.0. The van der Waals surface area contributed by atoms with E-state index in [4.69, 9.17) is 0 Å². The molecule has 1 heterocycles. The number of hydrogen-bond donors (Lipinski definition) is 1. The van der Waals surface area contributed by atoms with Crippen LogP contribution in [-0.2, 0) is 24.1 Å². The van der Waals surface area contributed by atoms with Crippen LogP contribution in [0.3, 0.4) is 0 Å². The second-order valence-corrected chi connectivity index (χ2v) is 5.91. The van der Waals surface area contributed by atoms with E-state index in [1.54, 1.807) is 5.51 Å². The molecule has 3 nitrogen and oxygen atoms in total. The van der Waals surface area contributed by atoms with Gasteiger partial charge in [-0.25, -0.2) is 4.98 Å². The Labute approximate surface area is 115 Å². The van der Waals surface area contributed by atoms with Crippen LogP contribution >= 0.6 is 11.3 Å². The van der Waals surface area contributed by atoms with E-state index in [2.05, 4.69) is 11.1 Å². The van der Waals surface area contributed by atoms with Crippen LogP contribution in [0.2, 0.25) is 0 Å². The molecule has 1 N–H and O–H groups in total. The van der Waals surface area contributed by atoms with Gasteiger partial charge in [-0.1, -0.05) is 24.3 Å². The smallest absolute Gasteiger partial charge is 0.310 e. The minimum absolute atomic E-state index is 0.528. The SMILES string of the molecule is O=C(O)C1(Cc2cscn2)CCc2ccccc2C1. The molecule has 3 rings (SSSR count). The molecule has 0 spiro atoms. The maximum atomic E-state index is 11.8. The van der Waals surface area contributed by atoms with Gasteiger partial charge in [0.25, 0.3) is 0 Å². The van der Waals surface area contributed by atoms with Gasteiger partial charge in [-0.2, -0.15) is 0 Å². The zero-order valence-corrected chi connectivity index (χ0v) is 11.3. The van der Waals surface area contributed by atoms with Crippen molar-refractivity contribution in [2.45, 2.75) is 25.7 Å². The van der Waals surface area contributed by atoms with Crippen molar-refractivity contribution in [3.05, 3.63) is 52.0 Å². The van der Waals surface area contributed by atoms with E-state index in [1.165, 1.54) is 22.5 Å². The van der Waals surface area contributed by atoms with Crippen molar-refractivity contribution in [1.82, 2.24) is 4.98 Å². The van der Waals surface area contributed by atoms with Gasteiger partial charge in [0.2, 0.25) is 0 Å². The fourth-order valence-corrected chi connectivity index (χ4v) is 3.44. The highest BCUT2D eigenvalue weighted by Crippen LogP contribution is 2.38. The lowest BCUT2D eigenvalue weighted by Crippen LogP contribution is -2.39. The maximum absolute atomic E-state index is 11.8. The summed E-state index contributed by atoms with van der Waals surface area (Å²) in [6.07, 6.45) is 2.67. The number of aliphatic carboxylic acids is 1. The Morgan fingerprint density at radius 3 is 2.84 bits per heavy atom. The summed E-state index contributed by atoms with van der Waals surface area (Å²) >= 11 is 1.52. The molecule has 0 aliphatic heterocycles. The van der Waals surface area contributed by atoms with Gasteiger partial charge in [-0.15, -0.1) is 11.3 Å². The number of rotatable bonds is 3. The van der Waals surface area contributed by atoms with Gasteiger partial charge < -0.3 is 5.11 Å². The number of carbonyl (C=O) groups is 1. The highest BCUT2D eigenvalue weighted by atomic mass is 32.1. The van der Waals surface area contributed by atoms with E-state index < -0.39 is 11.4 Å². The van der Waals surface area contributed by atoms with Crippen molar-refractivity contribution in [3.8, 4) is 0 Å². The summed E-state index contributed by atoms with van der Waals surface area (Å²) in [6, 6.07) is 8.16. The summed E-state index contributed by atoms with van der Waals surface area (Å²) in [5.41, 5.74) is 4.43. The maximum Gasteiger partial charge on any atom is 0.310 e. The third-order valence-corrected chi connectivity index (χ3v) is 4.61. The number of aromatic nitrogens is 1. The van der Waals surface area contributed by atoms with Crippen LogP contribution in [0.25, 0.3) is 0 Å². The number of hydrogen-bond acceptors (Lipinski definition) is 3. The lowest BCUT2D eigenvalue weighted by molar-refractivity contribution is -0.149. The van der Waals surface area contributed by atoms with E-state index >= 15 is 0 Å². The highest BCUT2D eigenvalue weighted by Gasteiger charge is 2.41. The van der Waals surface area contributed by atoms with Gasteiger partial charge in [0.15, 0.2) is 0 Å². The number of carboxylic acid groups (broad SMARTS) is 1. The Bertz CT molecular complexity index is 594. The second kappa shape index (κ2) is 4.78. The lowest BCUT2D eigenvalue weighted by Gasteiger charge is -2.34. The molecule has 1 aliphatic carbocycles. The molecular weight excluding hydrogens is 258 g/mol. The average Bonchev–Trinajstić information content (AvgIpc) is 2.91. The lowest BCUT2D eigenvalue weighted by atomic mass is 9.69. The Kier molecular flexibility index (Phi) is 3.11. The summed E-state index contributed by atoms with van der Waals surface area (Å²) in [7, 11) is 0. The third kappa shape index (κ3) is 2.28. The first kappa shape index (κ1) is 12.4. The summed E-state index contributed by atoms with van der Waals surface area (Å²) in [5.74, 6) is -0.699. The van der Waals surface area contributed by atoms with E-state index in [0.29, 0.717) is 19.3 Å². The largest absolute Gasteiger partial charge is 0.481 e. The highest BCUT2D eigenvalue weighted by molar-refractivity contribution is 7.07. The normalized spacial score (nSPS) is 21.9. The van der Waals surface area contributed by atoms with Gasteiger partial charge in [0.1, 0.15) is 0 Å². The molecule has 1 unspecified atom stereocenters.